The Bertz CT molecular complexity index is 439. The van der Waals surface area contributed by atoms with Gasteiger partial charge in [-0.3, -0.25) is 4.90 Å². The predicted octanol–water partition coefficient (Wildman–Crippen LogP) is 3.69. The highest BCUT2D eigenvalue weighted by molar-refractivity contribution is 5.40. The van der Waals surface area contributed by atoms with Crippen LogP contribution in [0, 0.1) is 6.92 Å². The molecular weight excluding hydrogens is 262 g/mol. The van der Waals surface area contributed by atoms with Crippen LogP contribution in [0.1, 0.15) is 56.8 Å². The number of fused-ring (bicyclic) bond motifs is 1. The third-order valence-electron chi connectivity index (χ3n) is 4.32. The number of aryl methyl sites for hydroxylation is 1. The van der Waals surface area contributed by atoms with E-state index in [1.165, 1.54) is 31.2 Å². The monoisotopic (exact) mass is 291 g/mol. The van der Waals surface area contributed by atoms with Crippen LogP contribution in [-0.4, -0.2) is 35.7 Å². The van der Waals surface area contributed by atoms with E-state index in [-0.39, 0.29) is 6.04 Å². The number of aliphatic hydroxyl groups excluding tert-OH is 1. The molecule has 0 saturated carbocycles. The largest absolute Gasteiger partial charge is 0.491 e. The molecule has 1 aromatic rings. The summed E-state index contributed by atoms with van der Waals surface area (Å²) in [4.78, 5) is 2.42. The molecule has 2 unspecified atom stereocenters. The smallest absolute Gasteiger partial charge is 0.125 e. The molecular formula is C18H29NO2. The fraction of sp³-hybridized carbons (Fsp3) is 0.667. The zero-order chi connectivity index (χ0) is 15.2. The minimum atomic E-state index is -0.442. The second-order valence-corrected chi connectivity index (χ2v) is 6.11. The van der Waals surface area contributed by atoms with Crippen molar-refractivity contribution in [2.45, 2.75) is 58.6 Å². The van der Waals surface area contributed by atoms with Crippen molar-refractivity contribution in [1.82, 2.24) is 4.90 Å². The Morgan fingerprint density at radius 1 is 1.19 bits per heavy atom. The van der Waals surface area contributed by atoms with Crippen LogP contribution in [0.5, 0.6) is 5.75 Å². The zero-order valence-electron chi connectivity index (χ0n) is 13.6. The van der Waals surface area contributed by atoms with Crippen molar-refractivity contribution < 1.29 is 9.84 Å². The normalized spacial score (nSPS) is 21.2. The van der Waals surface area contributed by atoms with Gasteiger partial charge in [-0.1, -0.05) is 38.3 Å². The van der Waals surface area contributed by atoms with E-state index in [1.54, 1.807) is 0 Å². The lowest BCUT2D eigenvalue weighted by Crippen LogP contribution is -2.46. The van der Waals surface area contributed by atoms with Gasteiger partial charge in [0.05, 0.1) is 6.04 Å². The molecule has 3 nitrogen and oxygen atoms in total. The summed E-state index contributed by atoms with van der Waals surface area (Å²) in [5.41, 5.74) is 2.12. The molecule has 1 N–H and O–H groups in total. The Morgan fingerprint density at radius 2 is 1.86 bits per heavy atom. The minimum Gasteiger partial charge on any atom is -0.491 e. The summed E-state index contributed by atoms with van der Waals surface area (Å²) in [7, 11) is 0. The molecule has 0 aromatic heterocycles. The van der Waals surface area contributed by atoms with Crippen molar-refractivity contribution in [1.29, 1.82) is 0 Å². The number of hydrogen-bond donors (Lipinski definition) is 1. The number of unbranched alkanes of at least 4 members (excludes halogenated alkanes) is 2. The molecule has 1 aliphatic heterocycles. The maximum Gasteiger partial charge on any atom is 0.125 e. The predicted molar refractivity (Wildman–Crippen MR) is 86.8 cm³/mol. The maximum atomic E-state index is 10.8. The Morgan fingerprint density at radius 3 is 2.48 bits per heavy atom. The van der Waals surface area contributed by atoms with Gasteiger partial charge >= 0.3 is 0 Å². The lowest BCUT2D eigenvalue weighted by Gasteiger charge is -2.38. The summed E-state index contributed by atoms with van der Waals surface area (Å²) >= 11 is 0. The van der Waals surface area contributed by atoms with Crippen LogP contribution in [0.15, 0.2) is 18.2 Å². The molecule has 0 spiro atoms. The van der Waals surface area contributed by atoms with Gasteiger partial charge in [0.1, 0.15) is 18.5 Å². The maximum absolute atomic E-state index is 10.8. The van der Waals surface area contributed by atoms with Gasteiger partial charge in [-0.2, -0.15) is 0 Å². The molecule has 1 aromatic carbocycles. The van der Waals surface area contributed by atoms with E-state index in [0.717, 1.165) is 24.4 Å². The van der Waals surface area contributed by atoms with Crippen LogP contribution in [0.25, 0.3) is 0 Å². The molecule has 1 aliphatic rings. The second-order valence-electron chi connectivity index (χ2n) is 6.11. The van der Waals surface area contributed by atoms with Gasteiger partial charge in [0.15, 0.2) is 0 Å². The van der Waals surface area contributed by atoms with Gasteiger partial charge in [-0.15, -0.1) is 0 Å². The second kappa shape index (κ2) is 7.81. The molecule has 2 atom stereocenters. The molecule has 118 valence electrons. The van der Waals surface area contributed by atoms with E-state index < -0.39 is 6.10 Å². The number of nitrogens with zero attached hydrogens (tertiary/aromatic N) is 1. The van der Waals surface area contributed by atoms with Gasteiger partial charge < -0.3 is 9.84 Å². The van der Waals surface area contributed by atoms with E-state index in [9.17, 15) is 5.11 Å². The van der Waals surface area contributed by atoms with Crippen LogP contribution in [0.3, 0.4) is 0 Å². The molecule has 0 bridgehead atoms. The summed E-state index contributed by atoms with van der Waals surface area (Å²) in [5.74, 6) is 0.843. The quantitative estimate of drug-likeness (QED) is 0.831. The SMILES string of the molecule is CCCCN(CCCC)C1COc2ccc(C)cc2C1O. The van der Waals surface area contributed by atoms with Gasteiger partial charge in [0, 0.05) is 5.56 Å². The van der Waals surface area contributed by atoms with E-state index in [4.69, 9.17) is 4.74 Å². The molecule has 0 aliphatic carbocycles. The highest BCUT2D eigenvalue weighted by atomic mass is 16.5. The van der Waals surface area contributed by atoms with Crippen molar-refractivity contribution in [3.63, 3.8) is 0 Å². The third kappa shape index (κ3) is 3.98. The average molecular weight is 291 g/mol. The topological polar surface area (TPSA) is 32.7 Å². The molecule has 1 heterocycles. The van der Waals surface area contributed by atoms with E-state index in [0.29, 0.717) is 6.61 Å². The summed E-state index contributed by atoms with van der Waals surface area (Å²) in [6, 6.07) is 6.16. The first-order valence-corrected chi connectivity index (χ1v) is 8.32. The van der Waals surface area contributed by atoms with Crippen molar-refractivity contribution in [2.75, 3.05) is 19.7 Å². The number of rotatable bonds is 7. The standard InChI is InChI=1S/C18H29NO2/c1-4-6-10-19(11-7-5-2)16-13-21-17-9-8-14(3)12-15(17)18(16)20/h8-9,12,16,18,20H,4-7,10-11,13H2,1-3H3. The number of hydrogen-bond acceptors (Lipinski definition) is 3. The van der Waals surface area contributed by atoms with E-state index in [2.05, 4.69) is 31.7 Å². The van der Waals surface area contributed by atoms with Gasteiger partial charge in [-0.25, -0.2) is 0 Å². The van der Waals surface area contributed by atoms with E-state index >= 15 is 0 Å². The molecule has 0 saturated heterocycles. The average Bonchev–Trinajstić information content (AvgIpc) is 2.49. The van der Waals surface area contributed by atoms with Crippen LogP contribution in [-0.2, 0) is 0 Å². The van der Waals surface area contributed by atoms with Gasteiger partial charge in [-0.05, 0) is 45.0 Å². The van der Waals surface area contributed by atoms with Crippen molar-refractivity contribution in [3.05, 3.63) is 29.3 Å². The van der Waals surface area contributed by atoms with Crippen LogP contribution < -0.4 is 4.74 Å². The fourth-order valence-electron chi connectivity index (χ4n) is 2.97. The molecule has 0 fully saturated rings. The summed E-state index contributed by atoms with van der Waals surface area (Å²) in [5, 5.41) is 10.8. The lowest BCUT2D eigenvalue weighted by molar-refractivity contribution is 0.00210. The first-order valence-electron chi connectivity index (χ1n) is 8.32. The van der Waals surface area contributed by atoms with Gasteiger partial charge in [0.25, 0.3) is 0 Å². The number of benzene rings is 1. The molecule has 21 heavy (non-hydrogen) atoms. The Labute approximate surface area is 128 Å². The van der Waals surface area contributed by atoms with Crippen LogP contribution in [0.4, 0.5) is 0 Å². The summed E-state index contributed by atoms with van der Waals surface area (Å²) < 4.78 is 5.90. The highest BCUT2D eigenvalue weighted by Crippen LogP contribution is 2.35. The lowest BCUT2D eigenvalue weighted by atomic mass is 9.96. The molecule has 0 amide bonds. The fourth-order valence-corrected chi connectivity index (χ4v) is 2.97. The van der Waals surface area contributed by atoms with Crippen LogP contribution in [0.2, 0.25) is 0 Å². The molecule has 0 radical (unpaired) electrons. The first kappa shape index (κ1) is 16.3. The first-order chi connectivity index (χ1) is 10.2. The zero-order valence-corrected chi connectivity index (χ0v) is 13.6. The van der Waals surface area contributed by atoms with E-state index in [1.807, 2.05) is 12.1 Å². The van der Waals surface area contributed by atoms with Crippen molar-refractivity contribution >= 4 is 0 Å². The van der Waals surface area contributed by atoms with Crippen molar-refractivity contribution in [3.8, 4) is 5.75 Å². The Kier molecular flexibility index (Phi) is 6.07. The third-order valence-corrected chi connectivity index (χ3v) is 4.32. The highest BCUT2D eigenvalue weighted by Gasteiger charge is 2.33. The molecule has 2 rings (SSSR count). The van der Waals surface area contributed by atoms with Crippen molar-refractivity contribution in [2.24, 2.45) is 0 Å². The minimum absolute atomic E-state index is 0.0809. The summed E-state index contributed by atoms with van der Waals surface area (Å²) in [6.45, 7) is 9.16. The Hall–Kier alpha value is -1.06. The number of ether oxygens (including phenoxy) is 1. The Balaban J connectivity index is 2.14. The summed E-state index contributed by atoms with van der Waals surface area (Å²) in [6.07, 6.45) is 4.27. The number of aliphatic hydroxyl groups is 1. The van der Waals surface area contributed by atoms with Crippen LogP contribution >= 0.6 is 0 Å². The van der Waals surface area contributed by atoms with Gasteiger partial charge in [0.2, 0.25) is 0 Å². The molecule has 3 heteroatoms.